The summed E-state index contributed by atoms with van der Waals surface area (Å²) >= 11 is 0. The fraction of sp³-hybridized carbons (Fsp3) is 0.571. The number of para-hydroxylation sites is 1. The van der Waals surface area contributed by atoms with Gasteiger partial charge in [0.15, 0.2) is 0 Å². The summed E-state index contributed by atoms with van der Waals surface area (Å²) in [6.07, 6.45) is 2.55. The lowest BCUT2D eigenvalue weighted by Gasteiger charge is -2.46. The highest BCUT2D eigenvalue weighted by atomic mass is 15.3. The van der Waals surface area contributed by atoms with Crippen molar-refractivity contribution in [1.29, 1.82) is 0 Å². The molecular weight excluding hydrogens is 210 g/mol. The van der Waals surface area contributed by atoms with Gasteiger partial charge in [-0.1, -0.05) is 19.4 Å². The van der Waals surface area contributed by atoms with Crippen LogP contribution in [0.5, 0.6) is 0 Å². The first-order valence-corrected chi connectivity index (χ1v) is 6.66. The third kappa shape index (κ3) is 1.65. The molecule has 0 saturated carbocycles. The van der Waals surface area contributed by atoms with Crippen LogP contribution in [-0.2, 0) is 0 Å². The average Bonchev–Trinajstić information content (AvgIpc) is 2.35. The number of benzene rings is 1. The molecule has 1 aromatic rings. The molecule has 1 aromatic carbocycles. The van der Waals surface area contributed by atoms with Gasteiger partial charge in [0.05, 0.1) is 17.1 Å². The van der Waals surface area contributed by atoms with Gasteiger partial charge in [0.25, 0.3) is 0 Å². The standard InChI is InChI=1S/C14H21N3/c1-3-5-11-10-16(2)13-7-4-6-12-14(13)17(11)9-8-15-12/h4,6-7,11,15H,3,5,8-10H2,1-2H3. The van der Waals surface area contributed by atoms with E-state index in [1.807, 2.05) is 0 Å². The summed E-state index contributed by atoms with van der Waals surface area (Å²) in [5.41, 5.74) is 4.11. The number of nitrogens with one attached hydrogen (secondary N) is 1. The Bertz CT molecular complexity index is 416. The molecule has 2 aliphatic rings. The van der Waals surface area contributed by atoms with Crippen molar-refractivity contribution < 1.29 is 0 Å². The van der Waals surface area contributed by atoms with Crippen LogP contribution in [-0.4, -0.2) is 32.7 Å². The summed E-state index contributed by atoms with van der Waals surface area (Å²) in [6, 6.07) is 7.27. The van der Waals surface area contributed by atoms with Crippen LogP contribution in [0.4, 0.5) is 17.1 Å². The Balaban J connectivity index is 2.05. The second-order valence-electron chi connectivity index (χ2n) is 5.12. The number of hydrogen-bond donors (Lipinski definition) is 1. The van der Waals surface area contributed by atoms with Gasteiger partial charge in [0, 0.05) is 32.7 Å². The predicted octanol–water partition coefficient (Wildman–Crippen LogP) is 2.54. The zero-order valence-corrected chi connectivity index (χ0v) is 10.7. The monoisotopic (exact) mass is 231 g/mol. The molecule has 17 heavy (non-hydrogen) atoms. The molecule has 1 atom stereocenters. The van der Waals surface area contributed by atoms with E-state index in [1.165, 1.54) is 29.9 Å². The maximum atomic E-state index is 3.52. The first-order valence-electron chi connectivity index (χ1n) is 6.66. The van der Waals surface area contributed by atoms with Crippen molar-refractivity contribution >= 4 is 17.1 Å². The Morgan fingerprint density at radius 1 is 1.41 bits per heavy atom. The summed E-state index contributed by atoms with van der Waals surface area (Å²) in [7, 11) is 2.21. The maximum Gasteiger partial charge on any atom is 0.0843 e. The topological polar surface area (TPSA) is 18.5 Å². The van der Waals surface area contributed by atoms with Crippen molar-refractivity contribution in [1.82, 2.24) is 0 Å². The van der Waals surface area contributed by atoms with Crippen molar-refractivity contribution in [3.05, 3.63) is 18.2 Å². The summed E-state index contributed by atoms with van der Waals surface area (Å²) < 4.78 is 0. The van der Waals surface area contributed by atoms with Crippen LogP contribution in [0.2, 0.25) is 0 Å². The Hall–Kier alpha value is -1.38. The van der Waals surface area contributed by atoms with Crippen LogP contribution in [0.15, 0.2) is 18.2 Å². The minimum atomic E-state index is 0.681. The van der Waals surface area contributed by atoms with Gasteiger partial charge in [-0.25, -0.2) is 0 Å². The number of anilines is 3. The quantitative estimate of drug-likeness (QED) is 0.844. The van der Waals surface area contributed by atoms with Crippen LogP contribution in [0, 0.1) is 0 Å². The molecule has 0 bridgehead atoms. The molecule has 2 heterocycles. The van der Waals surface area contributed by atoms with Crippen molar-refractivity contribution in [2.45, 2.75) is 25.8 Å². The predicted molar refractivity (Wildman–Crippen MR) is 74.2 cm³/mol. The largest absolute Gasteiger partial charge is 0.382 e. The van der Waals surface area contributed by atoms with Crippen molar-refractivity contribution in [2.75, 3.05) is 41.8 Å². The van der Waals surface area contributed by atoms with Gasteiger partial charge in [-0.05, 0) is 18.6 Å². The molecule has 0 fully saturated rings. The Morgan fingerprint density at radius 2 is 2.29 bits per heavy atom. The van der Waals surface area contributed by atoms with E-state index in [-0.39, 0.29) is 0 Å². The molecular formula is C14H21N3. The van der Waals surface area contributed by atoms with Crippen LogP contribution < -0.4 is 15.1 Å². The zero-order chi connectivity index (χ0) is 11.8. The van der Waals surface area contributed by atoms with Gasteiger partial charge < -0.3 is 15.1 Å². The fourth-order valence-corrected chi connectivity index (χ4v) is 3.17. The summed E-state index contributed by atoms with van der Waals surface area (Å²) in [6.45, 7) is 5.65. The number of likely N-dealkylation sites (N-methyl/N-ethyl adjacent to an activating group) is 1. The zero-order valence-electron chi connectivity index (χ0n) is 10.7. The minimum Gasteiger partial charge on any atom is -0.382 e. The normalized spacial score (nSPS) is 22.1. The van der Waals surface area contributed by atoms with Gasteiger partial charge in [0.2, 0.25) is 0 Å². The van der Waals surface area contributed by atoms with Crippen molar-refractivity contribution in [3.63, 3.8) is 0 Å². The molecule has 1 unspecified atom stereocenters. The SMILES string of the molecule is CCCC1CN(C)c2cccc3c2N1CCN3. The van der Waals surface area contributed by atoms with E-state index < -0.39 is 0 Å². The van der Waals surface area contributed by atoms with E-state index in [4.69, 9.17) is 0 Å². The summed E-state index contributed by atoms with van der Waals surface area (Å²) in [5, 5.41) is 3.52. The van der Waals surface area contributed by atoms with E-state index in [0.717, 1.165) is 19.6 Å². The summed E-state index contributed by atoms with van der Waals surface area (Å²) in [5.74, 6) is 0. The van der Waals surface area contributed by atoms with Gasteiger partial charge in [-0.2, -0.15) is 0 Å². The average molecular weight is 231 g/mol. The molecule has 0 saturated heterocycles. The third-order valence-electron chi connectivity index (χ3n) is 3.93. The van der Waals surface area contributed by atoms with Gasteiger partial charge in [-0.3, -0.25) is 0 Å². The lowest BCUT2D eigenvalue weighted by atomic mass is 10.0. The second kappa shape index (κ2) is 4.13. The van der Waals surface area contributed by atoms with Crippen molar-refractivity contribution in [3.8, 4) is 0 Å². The van der Waals surface area contributed by atoms with Gasteiger partial charge >= 0.3 is 0 Å². The molecule has 1 N–H and O–H groups in total. The Labute approximate surface area is 103 Å². The van der Waals surface area contributed by atoms with E-state index in [9.17, 15) is 0 Å². The molecule has 3 heteroatoms. The lowest BCUT2D eigenvalue weighted by molar-refractivity contribution is 0.525. The first kappa shape index (κ1) is 10.8. The third-order valence-corrected chi connectivity index (χ3v) is 3.93. The van der Waals surface area contributed by atoms with Crippen LogP contribution >= 0.6 is 0 Å². The molecule has 3 nitrogen and oxygen atoms in total. The molecule has 3 rings (SSSR count). The molecule has 0 aromatic heterocycles. The molecule has 0 aliphatic carbocycles. The maximum absolute atomic E-state index is 3.52. The van der Waals surface area contributed by atoms with Crippen LogP contribution in [0.25, 0.3) is 0 Å². The molecule has 2 aliphatic heterocycles. The highest BCUT2D eigenvalue weighted by Gasteiger charge is 2.32. The van der Waals surface area contributed by atoms with Crippen LogP contribution in [0.3, 0.4) is 0 Å². The fourth-order valence-electron chi connectivity index (χ4n) is 3.17. The van der Waals surface area contributed by atoms with Crippen LogP contribution in [0.1, 0.15) is 19.8 Å². The van der Waals surface area contributed by atoms with E-state index in [1.54, 1.807) is 0 Å². The van der Waals surface area contributed by atoms with E-state index in [2.05, 4.69) is 47.3 Å². The molecule has 0 spiro atoms. The Kier molecular flexibility index (Phi) is 2.61. The second-order valence-corrected chi connectivity index (χ2v) is 5.12. The first-order chi connectivity index (χ1) is 8.31. The highest BCUT2D eigenvalue weighted by Crippen LogP contribution is 2.42. The number of nitrogens with zero attached hydrogens (tertiary/aromatic N) is 2. The minimum absolute atomic E-state index is 0.681. The molecule has 0 radical (unpaired) electrons. The Morgan fingerprint density at radius 3 is 3.12 bits per heavy atom. The molecule has 92 valence electrons. The van der Waals surface area contributed by atoms with Gasteiger partial charge in [0.1, 0.15) is 0 Å². The number of rotatable bonds is 2. The smallest absolute Gasteiger partial charge is 0.0843 e. The lowest BCUT2D eigenvalue weighted by Crippen LogP contribution is -2.51. The van der Waals surface area contributed by atoms with Gasteiger partial charge in [-0.15, -0.1) is 0 Å². The molecule has 0 amide bonds. The van der Waals surface area contributed by atoms with E-state index in [0.29, 0.717) is 6.04 Å². The highest BCUT2D eigenvalue weighted by molar-refractivity contribution is 5.87. The number of hydrogen-bond acceptors (Lipinski definition) is 3. The van der Waals surface area contributed by atoms with Crippen molar-refractivity contribution in [2.24, 2.45) is 0 Å². The summed E-state index contributed by atoms with van der Waals surface area (Å²) in [4.78, 5) is 5.02. The van der Waals surface area contributed by atoms with E-state index >= 15 is 0 Å².